The minimum atomic E-state index is -0.522. The van der Waals surface area contributed by atoms with E-state index in [1.807, 2.05) is 24.3 Å². The van der Waals surface area contributed by atoms with E-state index in [0.29, 0.717) is 11.3 Å². The van der Waals surface area contributed by atoms with Gasteiger partial charge in [-0.25, -0.2) is 4.98 Å². The average molecular weight is 431 g/mol. The Morgan fingerprint density at radius 2 is 2.04 bits per heavy atom. The number of non-ortho nitro benzene ring substituents is 1. The van der Waals surface area contributed by atoms with E-state index in [9.17, 15) is 14.9 Å². The highest BCUT2D eigenvalue weighted by molar-refractivity contribution is 8.01. The number of furan rings is 1. The zero-order valence-electron chi connectivity index (χ0n) is 14.1. The molecular weight excluding hydrogens is 420 g/mol. The number of ketones is 1. The van der Waals surface area contributed by atoms with Crippen molar-refractivity contribution < 1.29 is 14.1 Å². The smallest absolute Gasteiger partial charge is 0.270 e. The van der Waals surface area contributed by atoms with Crippen LogP contribution >= 0.6 is 34.7 Å². The molecular formula is C19H11ClN2O4S2. The van der Waals surface area contributed by atoms with E-state index in [2.05, 4.69) is 4.98 Å². The van der Waals surface area contributed by atoms with Crippen molar-refractivity contribution in [3.8, 4) is 11.3 Å². The molecule has 0 amide bonds. The van der Waals surface area contributed by atoms with Gasteiger partial charge in [-0.1, -0.05) is 35.5 Å². The Morgan fingerprint density at radius 3 is 2.79 bits per heavy atom. The number of aromatic nitrogens is 1. The summed E-state index contributed by atoms with van der Waals surface area (Å²) < 4.78 is 7.52. The Morgan fingerprint density at radius 1 is 1.21 bits per heavy atom. The average Bonchev–Trinajstić information content (AvgIpc) is 3.32. The summed E-state index contributed by atoms with van der Waals surface area (Å²) in [6.07, 6.45) is 0. The summed E-state index contributed by atoms with van der Waals surface area (Å²) in [5.41, 5.74) is 1.30. The van der Waals surface area contributed by atoms with E-state index in [0.717, 1.165) is 14.6 Å². The van der Waals surface area contributed by atoms with E-state index < -0.39 is 4.92 Å². The Bertz CT molecular complexity index is 1170. The summed E-state index contributed by atoms with van der Waals surface area (Å²) in [6, 6.07) is 15.1. The number of para-hydroxylation sites is 1. The summed E-state index contributed by atoms with van der Waals surface area (Å²) in [5.74, 6) is 0.612. The number of benzene rings is 2. The number of hydrogen-bond donors (Lipinski definition) is 0. The van der Waals surface area contributed by atoms with Crippen LogP contribution in [-0.4, -0.2) is 21.4 Å². The second-order valence-electron chi connectivity index (χ2n) is 5.74. The van der Waals surface area contributed by atoms with Gasteiger partial charge in [0.25, 0.3) is 5.69 Å². The van der Waals surface area contributed by atoms with Crippen molar-refractivity contribution in [1.29, 1.82) is 0 Å². The molecule has 0 saturated heterocycles. The number of carbonyl (C=O) groups is 1. The monoisotopic (exact) mass is 430 g/mol. The van der Waals surface area contributed by atoms with Gasteiger partial charge in [0.05, 0.1) is 25.9 Å². The highest BCUT2D eigenvalue weighted by Gasteiger charge is 2.17. The minimum Gasteiger partial charge on any atom is -0.453 e. The number of thioether (sulfide) groups is 1. The molecule has 4 rings (SSSR count). The van der Waals surface area contributed by atoms with Crippen molar-refractivity contribution in [2.24, 2.45) is 0 Å². The number of Topliss-reactive ketones (excluding diaryl/α,β-unsaturated/α-hetero) is 1. The number of nitro benzene ring substituents is 1. The first-order chi connectivity index (χ1) is 13.5. The summed E-state index contributed by atoms with van der Waals surface area (Å²) >= 11 is 9.01. The highest BCUT2D eigenvalue weighted by atomic mass is 35.5. The van der Waals surface area contributed by atoms with Crippen LogP contribution in [0.1, 0.15) is 10.6 Å². The van der Waals surface area contributed by atoms with Crippen LogP contribution < -0.4 is 0 Å². The second-order valence-corrected chi connectivity index (χ2v) is 8.40. The summed E-state index contributed by atoms with van der Waals surface area (Å²) in [5, 5.41) is 11.0. The quantitative estimate of drug-likeness (QED) is 0.159. The molecule has 0 fully saturated rings. The zero-order chi connectivity index (χ0) is 19.7. The molecule has 0 atom stereocenters. The molecule has 0 spiro atoms. The van der Waals surface area contributed by atoms with Crippen LogP contribution in [-0.2, 0) is 0 Å². The SMILES string of the molecule is O=C(CSc1nc2ccccc2s1)c1ccc(-c2ccc([N+](=O)[O-])cc2Cl)o1. The van der Waals surface area contributed by atoms with Gasteiger partial charge in [-0.2, -0.15) is 0 Å². The molecule has 6 nitrogen and oxygen atoms in total. The van der Waals surface area contributed by atoms with Gasteiger partial charge in [0.1, 0.15) is 5.76 Å². The first-order valence-corrected chi connectivity index (χ1v) is 10.2. The van der Waals surface area contributed by atoms with Crippen molar-refractivity contribution in [2.45, 2.75) is 4.34 Å². The fourth-order valence-corrected chi connectivity index (χ4v) is 4.77. The molecule has 0 aliphatic heterocycles. The number of halogens is 1. The molecule has 2 aromatic carbocycles. The van der Waals surface area contributed by atoms with Gasteiger partial charge >= 0.3 is 0 Å². The van der Waals surface area contributed by atoms with Crippen molar-refractivity contribution >= 4 is 56.4 Å². The molecule has 0 aliphatic rings. The topological polar surface area (TPSA) is 86.2 Å². The van der Waals surface area contributed by atoms with Gasteiger partial charge < -0.3 is 4.42 Å². The maximum absolute atomic E-state index is 12.4. The maximum atomic E-state index is 12.4. The second kappa shape index (κ2) is 7.75. The van der Waals surface area contributed by atoms with Crippen LogP contribution in [0.3, 0.4) is 0 Å². The number of thiazole rings is 1. The third-order valence-electron chi connectivity index (χ3n) is 3.91. The standard InChI is InChI=1S/C19H11ClN2O4S2/c20-13-9-11(22(24)25)5-6-12(13)16-7-8-17(26-16)15(23)10-27-19-21-14-3-1-2-4-18(14)28-19/h1-9H,10H2. The number of fused-ring (bicyclic) bond motifs is 1. The molecule has 0 bridgehead atoms. The summed E-state index contributed by atoms with van der Waals surface area (Å²) in [4.78, 5) is 27.2. The van der Waals surface area contributed by atoms with Crippen LogP contribution in [0.15, 0.2) is 63.4 Å². The highest BCUT2D eigenvalue weighted by Crippen LogP contribution is 2.33. The number of hydrogen-bond acceptors (Lipinski definition) is 7. The minimum absolute atomic E-state index is 0.108. The molecule has 0 saturated carbocycles. The van der Waals surface area contributed by atoms with E-state index in [1.54, 1.807) is 12.1 Å². The first-order valence-electron chi connectivity index (χ1n) is 8.07. The predicted octanol–water partition coefficient (Wildman–Crippen LogP) is 6.09. The summed E-state index contributed by atoms with van der Waals surface area (Å²) in [7, 11) is 0. The Kier molecular flexibility index (Phi) is 5.17. The fraction of sp³-hybridized carbons (Fsp3) is 0.0526. The van der Waals surface area contributed by atoms with Crippen LogP contribution in [0, 0.1) is 10.1 Å². The Labute approximate surface area is 172 Å². The molecule has 9 heteroatoms. The molecule has 0 N–H and O–H groups in total. The van der Waals surface area contributed by atoms with Gasteiger partial charge in [-0.15, -0.1) is 11.3 Å². The largest absolute Gasteiger partial charge is 0.453 e. The molecule has 2 heterocycles. The van der Waals surface area contributed by atoms with Crippen LogP contribution in [0.4, 0.5) is 5.69 Å². The third kappa shape index (κ3) is 3.80. The molecule has 140 valence electrons. The molecule has 0 radical (unpaired) electrons. The van der Waals surface area contributed by atoms with Gasteiger partial charge in [-0.3, -0.25) is 14.9 Å². The van der Waals surface area contributed by atoms with Crippen LogP contribution in [0.25, 0.3) is 21.5 Å². The first kappa shape index (κ1) is 18.7. The number of nitro groups is 1. The van der Waals surface area contributed by atoms with Crippen LogP contribution in [0.5, 0.6) is 0 Å². The van der Waals surface area contributed by atoms with Crippen molar-refractivity contribution in [1.82, 2.24) is 4.98 Å². The van der Waals surface area contributed by atoms with Crippen molar-refractivity contribution in [3.05, 3.63) is 75.5 Å². The zero-order valence-corrected chi connectivity index (χ0v) is 16.5. The molecule has 28 heavy (non-hydrogen) atoms. The lowest BCUT2D eigenvalue weighted by molar-refractivity contribution is -0.384. The fourth-order valence-electron chi connectivity index (χ4n) is 2.56. The molecule has 4 aromatic rings. The molecule has 2 aromatic heterocycles. The number of carbonyl (C=O) groups excluding carboxylic acids is 1. The van der Waals surface area contributed by atoms with Gasteiger partial charge in [0.2, 0.25) is 5.78 Å². The van der Waals surface area contributed by atoms with Gasteiger partial charge in [0, 0.05) is 17.7 Å². The lowest BCUT2D eigenvalue weighted by Gasteiger charge is -2.01. The Balaban J connectivity index is 1.47. The number of rotatable bonds is 6. The van der Waals surface area contributed by atoms with E-state index >= 15 is 0 Å². The lowest BCUT2D eigenvalue weighted by Crippen LogP contribution is -2.00. The number of nitrogens with zero attached hydrogens (tertiary/aromatic N) is 2. The van der Waals surface area contributed by atoms with Crippen molar-refractivity contribution in [3.63, 3.8) is 0 Å². The Hall–Kier alpha value is -2.68. The normalized spacial score (nSPS) is 11.0. The lowest BCUT2D eigenvalue weighted by atomic mass is 10.1. The van der Waals surface area contributed by atoms with Crippen LogP contribution in [0.2, 0.25) is 5.02 Å². The molecule has 0 aliphatic carbocycles. The van der Waals surface area contributed by atoms with Crippen molar-refractivity contribution in [2.75, 3.05) is 5.75 Å². The van der Waals surface area contributed by atoms with E-state index in [4.69, 9.17) is 16.0 Å². The van der Waals surface area contributed by atoms with E-state index in [-0.39, 0.29) is 28.0 Å². The third-order valence-corrected chi connectivity index (χ3v) is 6.40. The predicted molar refractivity (Wildman–Crippen MR) is 110 cm³/mol. The van der Waals surface area contributed by atoms with E-state index in [1.165, 1.54) is 41.3 Å². The summed E-state index contributed by atoms with van der Waals surface area (Å²) in [6.45, 7) is 0. The van der Waals surface area contributed by atoms with Gasteiger partial charge in [-0.05, 0) is 30.3 Å². The maximum Gasteiger partial charge on any atom is 0.270 e. The van der Waals surface area contributed by atoms with Gasteiger partial charge in [0.15, 0.2) is 10.1 Å². The molecule has 0 unspecified atom stereocenters.